The number of carbonyl (C=O) groups is 2. The fourth-order valence-corrected chi connectivity index (χ4v) is 2.15. The summed E-state index contributed by atoms with van der Waals surface area (Å²) >= 11 is 0. The van der Waals surface area contributed by atoms with Gasteiger partial charge in [0, 0.05) is 18.0 Å². The second-order valence-electron chi connectivity index (χ2n) is 5.22. The Bertz CT molecular complexity index is 931. The summed E-state index contributed by atoms with van der Waals surface area (Å²) in [6, 6.07) is 12.6. The zero-order valence-electron chi connectivity index (χ0n) is 14.6. The van der Waals surface area contributed by atoms with E-state index in [1.165, 1.54) is 32.6 Å². The van der Waals surface area contributed by atoms with E-state index >= 15 is 0 Å². The predicted molar refractivity (Wildman–Crippen MR) is 98.9 cm³/mol. The molecule has 2 aromatic carbocycles. The fraction of sp³-hybridized carbons (Fsp3) is 0.105. The van der Waals surface area contributed by atoms with Gasteiger partial charge in [-0.2, -0.15) is 5.26 Å². The Kier molecular flexibility index (Phi) is 6.39. The van der Waals surface area contributed by atoms with Crippen molar-refractivity contribution in [1.29, 1.82) is 5.26 Å². The molecule has 0 saturated heterocycles. The maximum absolute atomic E-state index is 12.4. The van der Waals surface area contributed by atoms with Gasteiger partial charge in [0.25, 0.3) is 5.91 Å². The molecule has 3 N–H and O–H groups in total. The van der Waals surface area contributed by atoms with E-state index in [0.717, 1.165) is 0 Å². The maximum atomic E-state index is 12.4. The average molecular weight is 367 g/mol. The lowest BCUT2D eigenvalue weighted by atomic mass is 10.2. The number of hydrogen-bond acceptors (Lipinski definition) is 6. The molecular formula is C19H17N3O5. The van der Waals surface area contributed by atoms with Crippen LogP contribution in [-0.4, -0.2) is 31.2 Å². The van der Waals surface area contributed by atoms with Crippen LogP contribution in [0, 0.1) is 11.3 Å². The number of hydrogen-bond donors (Lipinski definition) is 3. The van der Waals surface area contributed by atoms with Gasteiger partial charge in [0.2, 0.25) is 0 Å². The van der Waals surface area contributed by atoms with Crippen molar-refractivity contribution in [2.75, 3.05) is 24.9 Å². The van der Waals surface area contributed by atoms with Crippen LogP contribution >= 0.6 is 0 Å². The highest BCUT2D eigenvalue weighted by molar-refractivity contribution is 6.07. The lowest BCUT2D eigenvalue weighted by molar-refractivity contribution is -0.112. The van der Waals surface area contributed by atoms with Crippen LogP contribution in [0.3, 0.4) is 0 Å². The lowest BCUT2D eigenvalue weighted by Gasteiger charge is -2.11. The smallest absolute Gasteiger partial charge is 0.335 e. The molecule has 0 aromatic heterocycles. The molecule has 0 heterocycles. The summed E-state index contributed by atoms with van der Waals surface area (Å²) < 4.78 is 10.3. The van der Waals surface area contributed by atoms with Crippen molar-refractivity contribution in [1.82, 2.24) is 0 Å². The maximum Gasteiger partial charge on any atom is 0.335 e. The largest absolute Gasteiger partial charge is 0.497 e. The van der Waals surface area contributed by atoms with E-state index in [1.807, 2.05) is 0 Å². The third kappa shape index (κ3) is 4.99. The van der Waals surface area contributed by atoms with Gasteiger partial charge in [0.1, 0.15) is 23.1 Å². The molecule has 0 bridgehead atoms. The number of anilines is 2. The molecule has 0 spiro atoms. The van der Waals surface area contributed by atoms with Gasteiger partial charge in [-0.1, -0.05) is 6.07 Å². The van der Waals surface area contributed by atoms with Crippen LogP contribution in [-0.2, 0) is 4.79 Å². The topological polar surface area (TPSA) is 121 Å². The molecule has 2 rings (SSSR count). The minimum Gasteiger partial charge on any atom is -0.497 e. The number of carbonyl (C=O) groups excluding carboxylic acids is 1. The zero-order valence-corrected chi connectivity index (χ0v) is 14.6. The van der Waals surface area contributed by atoms with Crippen LogP contribution in [0.5, 0.6) is 11.5 Å². The summed E-state index contributed by atoms with van der Waals surface area (Å²) in [7, 11) is 2.94. The highest BCUT2D eigenvalue weighted by Gasteiger charge is 2.13. The fourth-order valence-electron chi connectivity index (χ4n) is 2.15. The highest BCUT2D eigenvalue weighted by Crippen LogP contribution is 2.29. The Balaban J connectivity index is 2.19. The second kappa shape index (κ2) is 8.92. The molecule has 0 radical (unpaired) electrons. The van der Waals surface area contributed by atoms with Crippen LogP contribution in [0.2, 0.25) is 0 Å². The van der Waals surface area contributed by atoms with Gasteiger partial charge in [0.15, 0.2) is 0 Å². The Morgan fingerprint density at radius 1 is 1.15 bits per heavy atom. The number of benzene rings is 2. The van der Waals surface area contributed by atoms with E-state index in [2.05, 4.69) is 10.6 Å². The van der Waals surface area contributed by atoms with Crippen molar-refractivity contribution in [2.24, 2.45) is 0 Å². The van der Waals surface area contributed by atoms with E-state index in [0.29, 0.717) is 22.9 Å². The first-order valence-electron chi connectivity index (χ1n) is 7.72. The van der Waals surface area contributed by atoms with Crippen molar-refractivity contribution >= 4 is 23.3 Å². The molecule has 2 aromatic rings. The summed E-state index contributed by atoms with van der Waals surface area (Å²) in [5, 5.41) is 23.6. The number of carboxylic acid groups (broad SMARTS) is 1. The number of rotatable bonds is 7. The number of nitrogens with zero attached hydrogens (tertiary/aromatic N) is 1. The van der Waals surface area contributed by atoms with Gasteiger partial charge in [0.05, 0.1) is 25.5 Å². The number of aromatic carboxylic acids is 1. The number of ether oxygens (including phenoxy) is 2. The summed E-state index contributed by atoms with van der Waals surface area (Å²) in [6.07, 6.45) is 1.20. The summed E-state index contributed by atoms with van der Waals surface area (Å²) in [5.41, 5.74) is 0.642. The third-order valence-electron chi connectivity index (χ3n) is 3.51. The molecular weight excluding hydrogens is 350 g/mol. The normalized spacial score (nSPS) is 10.5. The van der Waals surface area contributed by atoms with E-state index in [9.17, 15) is 14.9 Å². The number of nitrogens with one attached hydrogen (secondary N) is 2. The average Bonchev–Trinajstić information content (AvgIpc) is 2.68. The summed E-state index contributed by atoms with van der Waals surface area (Å²) in [4.78, 5) is 23.4. The molecule has 8 nitrogen and oxygen atoms in total. The molecule has 0 aliphatic heterocycles. The SMILES string of the molecule is COc1ccc(OC)c(NC(=O)/C(C#N)=C\Nc2cccc(C(=O)O)c2)c1. The van der Waals surface area contributed by atoms with Crippen molar-refractivity contribution in [3.8, 4) is 17.6 Å². The molecule has 0 fully saturated rings. The van der Waals surface area contributed by atoms with Gasteiger partial charge in [-0.05, 0) is 30.3 Å². The highest BCUT2D eigenvalue weighted by atomic mass is 16.5. The van der Waals surface area contributed by atoms with Crippen LogP contribution in [0.1, 0.15) is 10.4 Å². The molecule has 0 unspecified atom stereocenters. The molecule has 0 atom stereocenters. The number of methoxy groups -OCH3 is 2. The second-order valence-corrected chi connectivity index (χ2v) is 5.22. The molecule has 0 aliphatic rings. The number of amides is 1. The first-order chi connectivity index (χ1) is 13.0. The summed E-state index contributed by atoms with van der Waals surface area (Å²) in [5.74, 6) is -0.822. The van der Waals surface area contributed by atoms with Gasteiger partial charge < -0.3 is 25.2 Å². The van der Waals surface area contributed by atoms with Gasteiger partial charge in [-0.15, -0.1) is 0 Å². The van der Waals surface area contributed by atoms with Gasteiger partial charge >= 0.3 is 5.97 Å². The van der Waals surface area contributed by atoms with Crippen LogP contribution in [0.25, 0.3) is 0 Å². The van der Waals surface area contributed by atoms with Crippen molar-refractivity contribution < 1.29 is 24.2 Å². The standard InChI is InChI=1S/C19H17N3O5/c1-26-15-6-7-17(27-2)16(9-15)22-18(23)13(10-20)11-21-14-5-3-4-12(8-14)19(24)25/h3-9,11,21H,1-2H3,(H,22,23)(H,24,25)/b13-11-. The first kappa shape index (κ1) is 19.3. The van der Waals surface area contributed by atoms with Crippen molar-refractivity contribution in [3.63, 3.8) is 0 Å². The molecule has 0 aliphatic carbocycles. The molecule has 138 valence electrons. The van der Waals surface area contributed by atoms with E-state index in [1.54, 1.807) is 36.4 Å². The third-order valence-corrected chi connectivity index (χ3v) is 3.51. The monoisotopic (exact) mass is 367 g/mol. The predicted octanol–water partition coefficient (Wildman–Crippen LogP) is 2.86. The van der Waals surface area contributed by atoms with E-state index in [4.69, 9.17) is 14.6 Å². The zero-order chi connectivity index (χ0) is 19.8. The van der Waals surface area contributed by atoms with Crippen molar-refractivity contribution in [3.05, 3.63) is 59.8 Å². The van der Waals surface area contributed by atoms with Crippen LogP contribution < -0.4 is 20.1 Å². The molecule has 0 saturated carbocycles. The Labute approximate surface area is 155 Å². The molecule has 8 heteroatoms. The number of nitriles is 1. The minimum atomic E-state index is -1.08. The van der Waals surface area contributed by atoms with Crippen LogP contribution in [0.4, 0.5) is 11.4 Å². The quantitative estimate of drug-likeness (QED) is 0.508. The Morgan fingerprint density at radius 3 is 2.56 bits per heavy atom. The van der Waals surface area contributed by atoms with Crippen molar-refractivity contribution in [2.45, 2.75) is 0 Å². The Morgan fingerprint density at radius 2 is 1.93 bits per heavy atom. The van der Waals surface area contributed by atoms with Gasteiger partial charge in [-0.25, -0.2) is 4.79 Å². The Hall–Kier alpha value is -3.99. The van der Waals surface area contributed by atoms with E-state index < -0.39 is 11.9 Å². The molecule has 1 amide bonds. The first-order valence-corrected chi connectivity index (χ1v) is 7.72. The van der Waals surface area contributed by atoms with E-state index in [-0.39, 0.29) is 11.1 Å². The minimum absolute atomic E-state index is 0.0810. The molecule has 27 heavy (non-hydrogen) atoms. The van der Waals surface area contributed by atoms with Crippen LogP contribution in [0.15, 0.2) is 54.2 Å². The van der Waals surface area contributed by atoms with Gasteiger partial charge in [-0.3, -0.25) is 4.79 Å². The lowest BCUT2D eigenvalue weighted by Crippen LogP contribution is -2.15. The number of carboxylic acids is 1. The summed E-state index contributed by atoms with van der Waals surface area (Å²) in [6.45, 7) is 0.